The fraction of sp³-hybridized carbons (Fsp3) is 0.370. The summed E-state index contributed by atoms with van der Waals surface area (Å²) in [5.74, 6) is -0.186. The number of hydrogen-bond acceptors (Lipinski definition) is 4. The Kier molecular flexibility index (Phi) is 6.20. The van der Waals surface area contributed by atoms with Gasteiger partial charge in [0.25, 0.3) is 5.91 Å². The number of nitrogens with one attached hydrogen (secondary N) is 2. The quantitative estimate of drug-likeness (QED) is 0.395. The lowest BCUT2D eigenvalue weighted by Gasteiger charge is -2.23. The van der Waals surface area contributed by atoms with Crippen LogP contribution in [0.1, 0.15) is 45.6 Å². The van der Waals surface area contributed by atoms with Gasteiger partial charge in [-0.25, -0.2) is 4.98 Å². The second-order valence-electron chi connectivity index (χ2n) is 9.65. The topological polar surface area (TPSA) is 73.9 Å². The SMILES string of the molecule is Cc1[nH]nc2cc(C(F)(F)F)c3nc(-c4ccc(C(=O)NCCN(C)C)cc4)c4c(c3c12)CCCC4. The first kappa shape index (κ1) is 24.2. The van der Waals surface area contributed by atoms with Gasteiger partial charge in [0.1, 0.15) is 0 Å². The van der Waals surface area contributed by atoms with Crippen molar-refractivity contribution in [2.75, 3.05) is 27.2 Å². The van der Waals surface area contributed by atoms with Gasteiger partial charge in [-0.05, 0) is 76.0 Å². The molecule has 2 aromatic heterocycles. The molecule has 0 spiro atoms. The number of amides is 1. The number of alkyl halides is 3. The molecule has 2 aromatic carbocycles. The van der Waals surface area contributed by atoms with Crippen molar-refractivity contribution in [2.24, 2.45) is 0 Å². The summed E-state index contributed by atoms with van der Waals surface area (Å²) in [6.07, 6.45) is -1.27. The van der Waals surface area contributed by atoms with E-state index in [9.17, 15) is 18.0 Å². The number of benzene rings is 2. The highest BCUT2D eigenvalue weighted by molar-refractivity contribution is 6.10. The lowest BCUT2D eigenvalue weighted by atomic mass is 9.84. The second-order valence-corrected chi connectivity index (χ2v) is 9.65. The van der Waals surface area contributed by atoms with E-state index < -0.39 is 11.7 Å². The third-order valence-electron chi connectivity index (χ3n) is 6.85. The predicted octanol–water partition coefficient (Wildman–Crippen LogP) is 5.28. The Morgan fingerprint density at radius 3 is 2.44 bits per heavy atom. The molecular formula is C27H28F3N5O. The van der Waals surface area contributed by atoms with Gasteiger partial charge in [-0.15, -0.1) is 0 Å². The zero-order chi connectivity index (χ0) is 25.6. The molecule has 188 valence electrons. The van der Waals surface area contributed by atoms with Gasteiger partial charge in [-0.2, -0.15) is 18.3 Å². The molecule has 6 nitrogen and oxygen atoms in total. The van der Waals surface area contributed by atoms with Gasteiger partial charge in [-0.3, -0.25) is 9.89 Å². The van der Waals surface area contributed by atoms with Crippen molar-refractivity contribution in [3.8, 4) is 11.3 Å². The van der Waals surface area contributed by atoms with Crippen molar-refractivity contribution in [1.29, 1.82) is 0 Å². The Bertz CT molecular complexity index is 1460. The highest BCUT2D eigenvalue weighted by Crippen LogP contribution is 2.43. The molecule has 0 bridgehead atoms. The Balaban J connectivity index is 1.66. The molecule has 0 saturated heterocycles. The Morgan fingerprint density at radius 1 is 1.08 bits per heavy atom. The van der Waals surface area contributed by atoms with Crippen LogP contribution in [0, 0.1) is 6.92 Å². The summed E-state index contributed by atoms with van der Waals surface area (Å²) in [5.41, 5.74) is 3.89. The number of pyridine rings is 1. The van der Waals surface area contributed by atoms with E-state index in [-0.39, 0.29) is 11.4 Å². The van der Waals surface area contributed by atoms with Crippen LogP contribution in [0.15, 0.2) is 30.3 Å². The molecule has 2 N–H and O–H groups in total. The zero-order valence-electron chi connectivity index (χ0n) is 20.5. The van der Waals surface area contributed by atoms with E-state index in [1.54, 1.807) is 24.3 Å². The van der Waals surface area contributed by atoms with Gasteiger partial charge in [0.05, 0.1) is 22.3 Å². The molecule has 0 fully saturated rings. The molecule has 1 aliphatic rings. The van der Waals surface area contributed by atoms with E-state index in [1.807, 2.05) is 25.9 Å². The van der Waals surface area contributed by atoms with Crippen LogP contribution in [-0.4, -0.2) is 53.2 Å². The van der Waals surface area contributed by atoms with E-state index in [0.29, 0.717) is 46.1 Å². The zero-order valence-corrected chi connectivity index (χ0v) is 20.5. The maximum absolute atomic E-state index is 14.2. The lowest BCUT2D eigenvalue weighted by Crippen LogP contribution is -2.31. The number of carbonyl (C=O) groups is 1. The predicted molar refractivity (Wildman–Crippen MR) is 134 cm³/mol. The average Bonchev–Trinajstić information content (AvgIpc) is 3.22. The number of aromatic nitrogens is 3. The second kappa shape index (κ2) is 9.20. The van der Waals surface area contributed by atoms with Crippen LogP contribution in [-0.2, 0) is 19.0 Å². The fourth-order valence-electron chi connectivity index (χ4n) is 5.09. The summed E-state index contributed by atoms with van der Waals surface area (Å²) in [6, 6.07) is 8.05. The largest absolute Gasteiger partial charge is 0.418 e. The summed E-state index contributed by atoms with van der Waals surface area (Å²) >= 11 is 0. The molecule has 0 saturated carbocycles. The fourth-order valence-corrected chi connectivity index (χ4v) is 5.09. The minimum absolute atomic E-state index is 0.0411. The van der Waals surface area contributed by atoms with Crippen molar-refractivity contribution in [3.05, 3.63) is 58.3 Å². The van der Waals surface area contributed by atoms with Crippen molar-refractivity contribution in [2.45, 2.75) is 38.8 Å². The molecule has 1 aliphatic carbocycles. The Hall–Kier alpha value is -3.46. The maximum Gasteiger partial charge on any atom is 0.418 e. The molecular weight excluding hydrogens is 467 g/mol. The molecule has 0 unspecified atom stereocenters. The molecule has 0 atom stereocenters. The molecule has 0 aliphatic heterocycles. The van der Waals surface area contributed by atoms with E-state index in [0.717, 1.165) is 48.7 Å². The highest BCUT2D eigenvalue weighted by atomic mass is 19.4. The van der Waals surface area contributed by atoms with Crippen molar-refractivity contribution in [3.63, 3.8) is 0 Å². The van der Waals surface area contributed by atoms with Crippen LogP contribution in [0.4, 0.5) is 13.2 Å². The Morgan fingerprint density at radius 2 is 1.78 bits per heavy atom. The van der Waals surface area contributed by atoms with Crippen molar-refractivity contribution >= 4 is 27.7 Å². The Labute approximate surface area is 206 Å². The minimum Gasteiger partial charge on any atom is -0.351 e. The maximum atomic E-state index is 14.2. The van der Waals surface area contributed by atoms with E-state index in [1.165, 1.54) is 0 Å². The van der Waals surface area contributed by atoms with Gasteiger partial charge in [-0.1, -0.05) is 12.1 Å². The lowest BCUT2D eigenvalue weighted by molar-refractivity contribution is -0.136. The average molecular weight is 496 g/mol. The monoisotopic (exact) mass is 495 g/mol. The number of hydrogen-bond donors (Lipinski definition) is 2. The number of H-pyrrole nitrogens is 1. The van der Waals surface area contributed by atoms with E-state index in [4.69, 9.17) is 0 Å². The number of fused-ring (bicyclic) bond motifs is 5. The van der Waals surface area contributed by atoms with Gasteiger partial charge in [0.2, 0.25) is 0 Å². The van der Waals surface area contributed by atoms with Gasteiger partial charge in [0, 0.05) is 40.7 Å². The highest BCUT2D eigenvalue weighted by Gasteiger charge is 2.36. The molecule has 0 radical (unpaired) electrons. The third-order valence-corrected chi connectivity index (χ3v) is 6.85. The van der Waals surface area contributed by atoms with Crippen LogP contribution in [0.2, 0.25) is 0 Å². The van der Waals surface area contributed by atoms with Crippen molar-refractivity contribution in [1.82, 2.24) is 25.4 Å². The summed E-state index contributed by atoms with van der Waals surface area (Å²) in [6.45, 7) is 3.07. The van der Waals surface area contributed by atoms with E-state index >= 15 is 0 Å². The minimum atomic E-state index is -4.57. The summed E-state index contributed by atoms with van der Waals surface area (Å²) < 4.78 is 42.6. The number of likely N-dealkylation sites (N-methyl/N-ethyl adjacent to an activating group) is 1. The standard InChI is InChI=1S/C27H28F3N5O/c1-15-22-21(34-33-15)14-20(27(28,29)30)25-23(22)18-6-4-5-7-19(18)24(32-25)16-8-10-17(11-9-16)26(36)31-12-13-35(2)3/h8-11,14H,4-7,12-13H2,1-3H3,(H,31,36)(H,33,34). The van der Waals surface area contributed by atoms with Crippen LogP contribution < -0.4 is 5.32 Å². The van der Waals surface area contributed by atoms with Gasteiger partial charge in [0.15, 0.2) is 0 Å². The summed E-state index contributed by atoms with van der Waals surface area (Å²) in [7, 11) is 3.86. The van der Waals surface area contributed by atoms with Crippen molar-refractivity contribution < 1.29 is 18.0 Å². The molecule has 5 rings (SSSR count). The molecule has 2 heterocycles. The molecule has 4 aromatic rings. The number of aromatic amines is 1. The van der Waals surface area contributed by atoms with Crippen LogP contribution in [0.5, 0.6) is 0 Å². The smallest absolute Gasteiger partial charge is 0.351 e. The number of rotatable bonds is 5. The molecule has 9 heteroatoms. The first-order chi connectivity index (χ1) is 17.1. The number of aryl methyl sites for hydroxylation is 2. The van der Waals surface area contributed by atoms with Crippen LogP contribution in [0.25, 0.3) is 33.1 Å². The first-order valence-corrected chi connectivity index (χ1v) is 12.1. The third kappa shape index (κ3) is 4.32. The normalized spacial score (nSPS) is 14.0. The molecule has 36 heavy (non-hydrogen) atoms. The van der Waals surface area contributed by atoms with Gasteiger partial charge < -0.3 is 10.2 Å². The molecule has 1 amide bonds. The van der Waals surface area contributed by atoms with Crippen LogP contribution in [0.3, 0.4) is 0 Å². The van der Waals surface area contributed by atoms with Crippen LogP contribution >= 0.6 is 0 Å². The summed E-state index contributed by atoms with van der Waals surface area (Å²) in [5, 5.41) is 11.1. The first-order valence-electron chi connectivity index (χ1n) is 12.1. The summed E-state index contributed by atoms with van der Waals surface area (Å²) in [4.78, 5) is 19.1. The number of nitrogens with zero attached hydrogens (tertiary/aromatic N) is 3. The van der Waals surface area contributed by atoms with E-state index in [2.05, 4.69) is 20.5 Å². The number of halogens is 3. The van der Waals surface area contributed by atoms with Gasteiger partial charge >= 0.3 is 6.18 Å². The number of carbonyl (C=O) groups excluding carboxylic acids is 1.